The van der Waals surface area contributed by atoms with Crippen molar-refractivity contribution in [2.75, 3.05) is 0 Å². The van der Waals surface area contributed by atoms with Crippen LogP contribution in [0.4, 0.5) is 0 Å². The van der Waals surface area contributed by atoms with E-state index in [1.165, 1.54) is 25.7 Å². The summed E-state index contributed by atoms with van der Waals surface area (Å²) in [6.07, 6.45) is 8.64. The van der Waals surface area contributed by atoms with Crippen molar-refractivity contribution < 1.29 is 15.3 Å². The average molecular weight is 379 g/mol. The molecule has 27 heavy (non-hydrogen) atoms. The fourth-order valence-electron chi connectivity index (χ4n) is 8.79. The van der Waals surface area contributed by atoms with Gasteiger partial charge in [-0.3, -0.25) is 0 Å². The van der Waals surface area contributed by atoms with Crippen LogP contribution in [-0.4, -0.2) is 33.6 Å². The summed E-state index contributed by atoms with van der Waals surface area (Å²) in [5.74, 6) is 2.86. The highest BCUT2D eigenvalue weighted by Crippen LogP contribution is 2.68. The van der Waals surface area contributed by atoms with Crippen molar-refractivity contribution in [3.05, 3.63) is 0 Å². The lowest BCUT2D eigenvalue weighted by molar-refractivity contribution is -0.207. The van der Waals surface area contributed by atoms with Crippen molar-refractivity contribution in [3.63, 3.8) is 0 Å². The van der Waals surface area contributed by atoms with E-state index < -0.39 is 0 Å². The van der Waals surface area contributed by atoms with Crippen LogP contribution in [0.15, 0.2) is 0 Å². The maximum absolute atomic E-state index is 11.5. The molecule has 11 atom stereocenters. The van der Waals surface area contributed by atoms with Gasteiger partial charge in [0.05, 0.1) is 18.3 Å². The molecule has 3 nitrogen and oxygen atoms in total. The monoisotopic (exact) mass is 378 g/mol. The zero-order valence-corrected chi connectivity index (χ0v) is 17.9. The van der Waals surface area contributed by atoms with E-state index in [-0.39, 0.29) is 29.1 Å². The molecule has 4 saturated carbocycles. The van der Waals surface area contributed by atoms with E-state index in [9.17, 15) is 15.3 Å². The van der Waals surface area contributed by atoms with E-state index in [1.807, 2.05) is 0 Å². The molecule has 0 amide bonds. The third-order valence-corrected chi connectivity index (χ3v) is 10.3. The highest BCUT2D eigenvalue weighted by Gasteiger charge is 2.65. The van der Waals surface area contributed by atoms with Crippen LogP contribution in [0, 0.1) is 46.3 Å². The molecule has 0 radical (unpaired) electrons. The van der Waals surface area contributed by atoms with Gasteiger partial charge in [-0.25, -0.2) is 0 Å². The van der Waals surface area contributed by atoms with Crippen LogP contribution < -0.4 is 0 Å². The first-order valence-corrected chi connectivity index (χ1v) is 11.8. The smallest absolute Gasteiger partial charge is 0.0602 e. The first-order valence-electron chi connectivity index (χ1n) is 11.8. The molecule has 156 valence electrons. The third-order valence-electron chi connectivity index (χ3n) is 10.3. The summed E-state index contributed by atoms with van der Waals surface area (Å²) in [7, 11) is 0. The second-order valence-electron chi connectivity index (χ2n) is 11.3. The van der Waals surface area contributed by atoms with E-state index in [2.05, 4.69) is 27.7 Å². The molecule has 3 heteroatoms. The highest BCUT2D eigenvalue weighted by atomic mass is 16.3. The molecule has 0 aromatic carbocycles. The van der Waals surface area contributed by atoms with Crippen LogP contribution >= 0.6 is 0 Å². The van der Waals surface area contributed by atoms with Crippen LogP contribution in [0.5, 0.6) is 0 Å². The minimum atomic E-state index is -0.254. The van der Waals surface area contributed by atoms with Gasteiger partial charge in [0.25, 0.3) is 0 Å². The molecule has 4 fully saturated rings. The maximum atomic E-state index is 11.5. The topological polar surface area (TPSA) is 60.7 Å². The van der Waals surface area contributed by atoms with E-state index in [0.29, 0.717) is 35.5 Å². The van der Waals surface area contributed by atoms with E-state index in [0.717, 1.165) is 32.1 Å². The summed E-state index contributed by atoms with van der Waals surface area (Å²) in [4.78, 5) is 0. The Morgan fingerprint density at radius 2 is 1.70 bits per heavy atom. The molecule has 0 aromatic rings. The molecule has 0 saturated heterocycles. The largest absolute Gasteiger partial charge is 0.393 e. The minimum Gasteiger partial charge on any atom is -0.393 e. The average Bonchev–Trinajstić information content (AvgIpc) is 2.96. The predicted molar refractivity (Wildman–Crippen MR) is 108 cm³/mol. The Morgan fingerprint density at radius 3 is 2.41 bits per heavy atom. The molecule has 3 N–H and O–H groups in total. The molecule has 0 aliphatic heterocycles. The lowest BCUT2D eigenvalue weighted by atomic mass is 9.43. The van der Waals surface area contributed by atoms with Crippen molar-refractivity contribution in [1.82, 2.24) is 0 Å². The zero-order valence-electron chi connectivity index (χ0n) is 17.9. The number of hydrogen-bond donors (Lipinski definition) is 3. The second-order valence-corrected chi connectivity index (χ2v) is 11.3. The lowest BCUT2D eigenvalue weighted by Gasteiger charge is -2.63. The quantitative estimate of drug-likeness (QED) is 0.683. The standard InChI is InChI=1S/C24H42O3/c1-5-6-14(2)17-7-8-18-22-19(13-21(27)24(17,18)4)23(3)10-9-16(25)11-15(23)12-20(22)26/h14-22,25-27H,5-13H2,1-4H3/t14-,15?,16-,17-,18+,19+,20-,21+,22+,23+,24-/m1/s1. The first-order chi connectivity index (χ1) is 12.7. The van der Waals surface area contributed by atoms with Gasteiger partial charge in [-0.05, 0) is 91.3 Å². The van der Waals surface area contributed by atoms with Crippen LogP contribution in [0.1, 0.15) is 85.5 Å². The van der Waals surface area contributed by atoms with Gasteiger partial charge in [-0.1, -0.05) is 40.5 Å². The predicted octanol–water partition coefficient (Wildman–Crippen LogP) is 4.38. The molecule has 0 spiro atoms. The van der Waals surface area contributed by atoms with Crippen LogP contribution in [0.25, 0.3) is 0 Å². The van der Waals surface area contributed by atoms with Gasteiger partial charge in [0, 0.05) is 0 Å². The fourth-order valence-corrected chi connectivity index (χ4v) is 8.79. The number of rotatable bonds is 3. The summed E-state index contributed by atoms with van der Waals surface area (Å²) in [6.45, 7) is 9.42. The van der Waals surface area contributed by atoms with Gasteiger partial charge >= 0.3 is 0 Å². The van der Waals surface area contributed by atoms with Crippen LogP contribution in [-0.2, 0) is 0 Å². The number of hydrogen-bond acceptors (Lipinski definition) is 3. The number of aliphatic hydroxyl groups excluding tert-OH is 3. The maximum Gasteiger partial charge on any atom is 0.0602 e. The molecular formula is C24H42O3. The normalized spacial score (nSPS) is 56.1. The molecule has 1 unspecified atom stereocenters. The van der Waals surface area contributed by atoms with E-state index in [4.69, 9.17) is 0 Å². The summed E-state index contributed by atoms with van der Waals surface area (Å²) in [5.41, 5.74) is 0.146. The lowest BCUT2D eigenvalue weighted by Crippen LogP contribution is -2.62. The van der Waals surface area contributed by atoms with Gasteiger partial charge in [0.1, 0.15) is 0 Å². The SMILES string of the molecule is CCC[C@@H](C)[C@H]1CC[C@H]2[C@@H]3[C@H](O)CC4C[C@H](O)CC[C@]4(C)[C@H]3C[C@H](O)[C@]12C. The van der Waals surface area contributed by atoms with E-state index >= 15 is 0 Å². The minimum absolute atomic E-state index is 0.0336. The molecule has 4 aliphatic carbocycles. The second kappa shape index (κ2) is 6.99. The Morgan fingerprint density at radius 1 is 0.963 bits per heavy atom. The zero-order chi connectivity index (χ0) is 19.6. The molecule has 0 aromatic heterocycles. The Bertz CT molecular complexity index is 550. The van der Waals surface area contributed by atoms with Gasteiger partial charge in [0.2, 0.25) is 0 Å². The van der Waals surface area contributed by atoms with Crippen molar-refractivity contribution in [3.8, 4) is 0 Å². The van der Waals surface area contributed by atoms with Crippen molar-refractivity contribution in [2.24, 2.45) is 46.3 Å². The van der Waals surface area contributed by atoms with Gasteiger partial charge in [-0.15, -0.1) is 0 Å². The molecule has 0 heterocycles. The first kappa shape index (κ1) is 20.2. The van der Waals surface area contributed by atoms with Gasteiger partial charge in [0.15, 0.2) is 0 Å². The fraction of sp³-hybridized carbons (Fsp3) is 1.00. The van der Waals surface area contributed by atoms with E-state index in [1.54, 1.807) is 0 Å². The van der Waals surface area contributed by atoms with Crippen molar-refractivity contribution >= 4 is 0 Å². The third kappa shape index (κ3) is 2.86. The summed E-state index contributed by atoms with van der Waals surface area (Å²) < 4.78 is 0. The Kier molecular flexibility index (Phi) is 5.22. The van der Waals surface area contributed by atoms with Crippen molar-refractivity contribution in [2.45, 2.75) is 104 Å². The van der Waals surface area contributed by atoms with Gasteiger partial charge in [-0.2, -0.15) is 0 Å². The summed E-state index contributed by atoms with van der Waals surface area (Å²) in [6, 6.07) is 0. The van der Waals surface area contributed by atoms with Gasteiger partial charge < -0.3 is 15.3 Å². The molecule has 0 bridgehead atoms. The summed E-state index contributed by atoms with van der Waals surface area (Å²) >= 11 is 0. The number of aliphatic hydroxyl groups is 3. The Balaban J connectivity index is 1.66. The molecule has 4 aliphatic rings. The Hall–Kier alpha value is -0.120. The van der Waals surface area contributed by atoms with Crippen LogP contribution in [0.3, 0.4) is 0 Å². The molecular weight excluding hydrogens is 336 g/mol. The number of fused-ring (bicyclic) bond motifs is 5. The highest BCUT2D eigenvalue weighted by molar-refractivity contribution is 5.14. The van der Waals surface area contributed by atoms with Crippen molar-refractivity contribution in [1.29, 1.82) is 0 Å². The molecule has 4 rings (SSSR count). The Labute approximate surface area is 165 Å². The van der Waals surface area contributed by atoms with Crippen LogP contribution in [0.2, 0.25) is 0 Å². The summed E-state index contributed by atoms with van der Waals surface area (Å²) in [5, 5.41) is 32.9.